The third-order valence-corrected chi connectivity index (χ3v) is 2.23. The molecule has 0 saturated heterocycles. The van der Waals surface area contributed by atoms with E-state index in [-0.39, 0.29) is 5.75 Å². The lowest BCUT2D eigenvalue weighted by Gasteiger charge is -2.02. The molecule has 0 atom stereocenters. The van der Waals surface area contributed by atoms with Crippen molar-refractivity contribution in [2.45, 2.75) is 0 Å². The average molecular weight is 320 g/mol. The van der Waals surface area contributed by atoms with E-state index in [1.807, 2.05) is 22.6 Å². The third-order valence-electron chi connectivity index (χ3n) is 1.80. The van der Waals surface area contributed by atoms with Crippen LogP contribution in [-0.4, -0.2) is 17.3 Å². The Morgan fingerprint density at radius 3 is 2.80 bits per heavy atom. The number of methoxy groups -OCH3 is 1. The molecule has 15 heavy (non-hydrogen) atoms. The van der Waals surface area contributed by atoms with E-state index < -0.39 is 5.82 Å². The zero-order chi connectivity index (χ0) is 10.8. The highest BCUT2D eigenvalue weighted by molar-refractivity contribution is 14.1. The average Bonchev–Trinajstić information content (AvgIpc) is 2.66. The van der Waals surface area contributed by atoms with E-state index in [4.69, 9.17) is 9.15 Å². The van der Waals surface area contributed by atoms with Crippen LogP contribution in [0.5, 0.6) is 5.75 Å². The van der Waals surface area contributed by atoms with Gasteiger partial charge in [-0.05, 0) is 18.2 Å². The van der Waals surface area contributed by atoms with E-state index in [9.17, 15) is 4.39 Å². The standard InChI is InChI=1S/C9H6FIN2O2/c1-14-7-4-5(2-3-6(7)10)8-12-13-9(11)15-8/h2-4H,1H3. The van der Waals surface area contributed by atoms with Gasteiger partial charge in [-0.1, -0.05) is 0 Å². The molecule has 0 aliphatic carbocycles. The smallest absolute Gasteiger partial charge is 0.278 e. The Labute approximate surface area is 98.6 Å². The number of aromatic nitrogens is 2. The summed E-state index contributed by atoms with van der Waals surface area (Å²) in [5.74, 6) is 0.0777. The number of hydrogen-bond acceptors (Lipinski definition) is 4. The highest BCUT2D eigenvalue weighted by Gasteiger charge is 2.10. The molecule has 2 aromatic rings. The summed E-state index contributed by atoms with van der Waals surface area (Å²) >= 11 is 1.91. The van der Waals surface area contributed by atoms with Gasteiger partial charge >= 0.3 is 0 Å². The van der Waals surface area contributed by atoms with Gasteiger partial charge in [0.2, 0.25) is 5.89 Å². The van der Waals surface area contributed by atoms with Crippen LogP contribution >= 0.6 is 22.6 Å². The Morgan fingerprint density at radius 2 is 2.20 bits per heavy atom. The molecule has 0 bridgehead atoms. The van der Waals surface area contributed by atoms with Crippen molar-refractivity contribution in [2.75, 3.05) is 7.11 Å². The second-order valence-corrected chi connectivity index (χ2v) is 3.63. The van der Waals surface area contributed by atoms with Gasteiger partial charge in [-0.15, -0.1) is 10.2 Å². The molecule has 0 spiro atoms. The van der Waals surface area contributed by atoms with Crippen LogP contribution in [0.25, 0.3) is 11.5 Å². The summed E-state index contributed by atoms with van der Waals surface area (Å²) in [7, 11) is 1.40. The lowest BCUT2D eigenvalue weighted by molar-refractivity contribution is 0.386. The minimum atomic E-state index is -0.421. The first-order valence-electron chi connectivity index (χ1n) is 4.03. The fourth-order valence-electron chi connectivity index (χ4n) is 1.11. The van der Waals surface area contributed by atoms with Crippen molar-refractivity contribution in [3.63, 3.8) is 0 Å². The fourth-order valence-corrected chi connectivity index (χ4v) is 1.43. The number of rotatable bonds is 2. The van der Waals surface area contributed by atoms with Crippen molar-refractivity contribution >= 4 is 22.6 Å². The van der Waals surface area contributed by atoms with Crippen LogP contribution in [-0.2, 0) is 0 Å². The zero-order valence-corrected chi connectivity index (χ0v) is 9.86. The van der Waals surface area contributed by atoms with Crippen molar-refractivity contribution in [1.82, 2.24) is 10.2 Å². The molecule has 6 heteroatoms. The molecule has 4 nitrogen and oxygen atoms in total. The van der Waals surface area contributed by atoms with Gasteiger partial charge in [0, 0.05) is 28.2 Å². The van der Waals surface area contributed by atoms with Crippen LogP contribution in [0.3, 0.4) is 0 Å². The molecule has 0 amide bonds. The first-order valence-corrected chi connectivity index (χ1v) is 5.11. The van der Waals surface area contributed by atoms with Crippen molar-refractivity contribution in [2.24, 2.45) is 0 Å². The summed E-state index contributed by atoms with van der Waals surface area (Å²) in [5, 5.41) is 7.50. The van der Waals surface area contributed by atoms with Gasteiger partial charge in [-0.25, -0.2) is 4.39 Å². The van der Waals surface area contributed by atoms with Gasteiger partial charge in [0.05, 0.1) is 7.11 Å². The molecule has 1 heterocycles. The summed E-state index contributed by atoms with van der Waals surface area (Å²) < 4.78 is 23.6. The fraction of sp³-hybridized carbons (Fsp3) is 0.111. The highest BCUT2D eigenvalue weighted by atomic mass is 127. The van der Waals surface area contributed by atoms with E-state index in [0.717, 1.165) is 0 Å². The first kappa shape index (κ1) is 10.3. The molecule has 0 aliphatic rings. The summed E-state index contributed by atoms with van der Waals surface area (Å²) in [6.07, 6.45) is 0. The van der Waals surface area contributed by atoms with Gasteiger partial charge in [-0.3, -0.25) is 0 Å². The Kier molecular flexibility index (Phi) is 2.85. The Balaban J connectivity index is 2.45. The maximum atomic E-state index is 13.1. The molecule has 0 aliphatic heterocycles. The van der Waals surface area contributed by atoms with Crippen LogP contribution in [0.15, 0.2) is 22.6 Å². The second kappa shape index (κ2) is 4.13. The zero-order valence-electron chi connectivity index (χ0n) is 7.70. The topological polar surface area (TPSA) is 48.2 Å². The van der Waals surface area contributed by atoms with Crippen LogP contribution in [0, 0.1) is 9.71 Å². The molecular weight excluding hydrogens is 314 g/mol. The van der Waals surface area contributed by atoms with Gasteiger partial charge in [-0.2, -0.15) is 0 Å². The molecule has 1 aromatic carbocycles. The summed E-state index contributed by atoms with van der Waals surface area (Å²) in [5.41, 5.74) is 0.628. The molecule has 2 rings (SSSR count). The monoisotopic (exact) mass is 320 g/mol. The summed E-state index contributed by atoms with van der Waals surface area (Å²) in [6, 6.07) is 4.37. The van der Waals surface area contributed by atoms with Crippen molar-refractivity contribution in [3.05, 3.63) is 27.9 Å². The van der Waals surface area contributed by atoms with Gasteiger partial charge in [0.25, 0.3) is 3.90 Å². The van der Waals surface area contributed by atoms with E-state index in [1.54, 1.807) is 6.07 Å². The summed E-state index contributed by atoms with van der Waals surface area (Å²) in [6.45, 7) is 0. The molecule has 0 radical (unpaired) electrons. The van der Waals surface area contributed by atoms with Gasteiger partial charge < -0.3 is 9.15 Å². The number of nitrogens with zero attached hydrogens (tertiary/aromatic N) is 2. The Bertz CT molecular complexity index is 487. The van der Waals surface area contributed by atoms with Gasteiger partial charge in [0.1, 0.15) is 0 Å². The summed E-state index contributed by atoms with van der Waals surface area (Å²) in [4.78, 5) is 0. The van der Waals surface area contributed by atoms with Gasteiger partial charge in [0.15, 0.2) is 11.6 Å². The number of ether oxygens (including phenoxy) is 1. The minimum Gasteiger partial charge on any atom is -0.494 e. The van der Waals surface area contributed by atoms with E-state index in [1.165, 1.54) is 19.2 Å². The van der Waals surface area contributed by atoms with Crippen molar-refractivity contribution < 1.29 is 13.5 Å². The lowest BCUT2D eigenvalue weighted by Crippen LogP contribution is -1.88. The highest BCUT2D eigenvalue weighted by Crippen LogP contribution is 2.25. The molecule has 78 valence electrons. The SMILES string of the molecule is COc1cc(-c2nnc(I)o2)ccc1F. The molecule has 0 N–H and O–H groups in total. The minimum absolute atomic E-state index is 0.153. The predicted molar refractivity (Wildman–Crippen MR) is 59.0 cm³/mol. The number of hydrogen-bond donors (Lipinski definition) is 0. The van der Waals surface area contributed by atoms with Crippen LogP contribution in [0.2, 0.25) is 0 Å². The van der Waals surface area contributed by atoms with E-state index >= 15 is 0 Å². The molecule has 0 saturated carbocycles. The number of benzene rings is 1. The molecule has 0 fully saturated rings. The van der Waals surface area contributed by atoms with Crippen molar-refractivity contribution in [1.29, 1.82) is 0 Å². The predicted octanol–water partition coefficient (Wildman–Crippen LogP) is 2.49. The number of halogens is 2. The maximum Gasteiger partial charge on any atom is 0.278 e. The van der Waals surface area contributed by atoms with Crippen LogP contribution in [0.1, 0.15) is 0 Å². The normalized spacial score (nSPS) is 10.3. The molecular formula is C9H6FIN2O2. The van der Waals surface area contributed by atoms with Crippen molar-refractivity contribution in [3.8, 4) is 17.2 Å². The molecule has 0 unspecified atom stereocenters. The maximum absolute atomic E-state index is 13.1. The van der Waals surface area contributed by atoms with Crippen LogP contribution < -0.4 is 4.74 Å². The lowest BCUT2D eigenvalue weighted by atomic mass is 10.2. The molecule has 1 aromatic heterocycles. The van der Waals surface area contributed by atoms with Crippen LogP contribution in [0.4, 0.5) is 4.39 Å². The quantitative estimate of drug-likeness (QED) is 0.798. The van der Waals surface area contributed by atoms with E-state index in [0.29, 0.717) is 15.4 Å². The Morgan fingerprint density at radius 1 is 1.40 bits per heavy atom. The second-order valence-electron chi connectivity index (χ2n) is 2.71. The Hall–Kier alpha value is -1.18. The third kappa shape index (κ3) is 2.09. The van der Waals surface area contributed by atoms with E-state index in [2.05, 4.69) is 10.2 Å². The first-order chi connectivity index (χ1) is 7.20. The largest absolute Gasteiger partial charge is 0.494 e.